The van der Waals surface area contributed by atoms with Crippen LogP contribution in [0.4, 0.5) is 4.79 Å². The summed E-state index contributed by atoms with van der Waals surface area (Å²) < 4.78 is 16.0. The van der Waals surface area contributed by atoms with Crippen molar-refractivity contribution in [3.05, 3.63) is 35.9 Å². The van der Waals surface area contributed by atoms with Crippen LogP contribution in [0.2, 0.25) is 0 Å². The van der Waals surface area contributed by atoms with Crippen molar-refractivity contribution < 1.29 is 19.0 Å². The summed E-state index contributed by atoms with van der Waals surface area (Å²) in [5.74, 6) is -0.925. The molecule has 2 N–H and O–H groups in total. The fourth-order valence-electron chi connectivity index (χ4n) is 1.36. The van der Waals surface area contributed by atoms with E-state index >= 15 is 0 Å². The highest BCUT2D eigenvalue weighted by atomic mass is 31.1. The summed E-state index contributed by atoms with van der Waals surface area (Å²) in [6.45, 7) is 3.65. The topological polar surface area (TPSA) is 75.6 Å². The van der Waals surface area contributed by atoms with Gasteiger partial charge >= 0.3 is 14.1 Å². The van der Waals surface area contributed by atoms with Crippen molar-refractivity contribution in [2.24, 2.45) is 5.92 Å². The SMILES string of the molecule is CC(C)C(NC(=O)OCc1ccccc1)[P+](=O)O. The van der Waals surface area contributed by atoms with Crippen LogP contribution in [0.1, 0.15) is 19.4 Å². The first-order valence-corrected chi connectivity index (χ1v) is 6.91. The Kier molecular flexibility index (Phi) is 5.75. The Morgan fingerprint density at radius 1 is 1.39 bits per heavy atom. The first-order valence-electron chi connectivity index (χ1n) is 5.63. The van der Waals surface area contributed by atoms with Crippen molar-refractivity contribution in [1.82, 2.24) is 5.32 Å². The first-order chi connectivity index (χ1) is 8.50. The summed E-state index contributed by atoms with van der Waals surface area (Å²) in [6.07, 6.45) is -0.685. The van der Waals surface area contributed by atoms with Crippen molar-refractivity contribution in [3.8, 4) is 0 Å². The maximum Gasteiger partial charge on any atom is 0.531 e. The summed E-state index contributed by atoms with van der Waals surface area (Å²) >= 11 is 0. The summed E-state index contributed by atoms with van der Waals surface area (Å²) in [7, 11) is -2.46. The van der Waals surface area contributed by atoms with Gasteiger partial charge in [-0.25, -0.2) is 4.79 Å². The Hall–Kier alpha value is -1.45. The molecule has 1 aromatic carbocycles. The third-order valence-electron chi connectivity index (χ3n) is 2.35. The lowest BCUT2D eigenvalue weighted by Gasteiger charge is -2.11. The Labute approximate surface area is 107 Å². The highest BCUT2D eigenvalue weighted by Gasteiger charge is 2.34. The zero-order chi connectivity index (χ0) is 13.5. The number of amides is 1. The van der Waals surface area contributed by atoms with E-state index in [1.54, 1.807) is 13.8 Å². The zero-order valence-corrected chi connectivity index (χ0v) is 11.3. The van der Waals surface area contributed by atoms with E-state index in [0.29, 0.717) is 0 Å². The maximum absolute atomic E-state index is 11.5. The number of rotatable bonds is 5. The largest absolute Gasteiger partial charge is 0.531 e. The second kappa shape index (κ2) is 7.09. The molecule has 0 bridgehead atoms. The number of ether oxygens (including phenoxy) is 1. The summed E-state index contributed by atoms with van der Waals surface area (Å²) in [6, 6.07) is 9.23. The van der Waals surface area contributed by atoms with Crippen LogP contribution in [-0.2, 0) is 15.9 Å². The predicted molar refractivity (Wildman–Crippen MR) is 68.2 cm³/mol. The molecule has 0 heterocycles. The number of benzene rings is 1. The van der Waals surface area contributed by atoms with Crippen LogP contribution in [0.25, 0.3) is 0 Å². The minimum absolute atomic E-state index is 0.136. The molecule has 2 atom stereocenters. The van der Waals surface area contributed by atoms with Gasteiger partial charge in [-0.05, 0) is 10.1 Å². The van der Waals surface area contributed by atoms with E-state index < -0.39 is 19.9 Å². The van der Waals surface area contributed by atoms with E-state index in [1.165, 1.54) is 0 Å². The van der Waals surface area contributed by atoms with Crippen LogP contribution in [0, 0.1) is 5.92 Å². The molecule has 0 spiro atoms. The molecule has 0 aliphatic heterocycles. The number of alkyl carbamates (subject to hydrolysis) is 1. The van der Waals surface area contributed by atoms with Crippen molar-refractivity contribution in [2.75, 3.05) is 0 Å². The lowest BCUT2D eigenvalue weighted by atomic mass is 10.2. The summed E-state index contributed by atoms with van der Waals surface area (Å²) in [5, 5.41) is 2.39. The van der Waals surface area contributed by atoms with E-state index in [-0.39, 0.29) is 12.5 Å². The molecule has 0 aliphatic rings. The van der Waals surface area contributed by atoms with Gasteiger partial charge in [-0.15, -0.1) is 0 Å². The van der Waals surface area contributed by atoms with Gasteiger partial charge in [-0.2, -0.15) is 4.89 Å². The molecule has 0 saturated carbocycles. The standard InChI is InChI=1S/C12H16NO4P/c1-9(2)11(18(15)16)13-12(14)17-8-10-6-4-3-5-7-10/h3-7,9,11H,8H2,1-2H3,(H-,13,14,15,16)/p+1. The van der Waals surface area contributed by atoms with Gasteiger partial charge in [-0.1, -0.05) is 44.2 Å². The van der Waals surface area contributed by atoms with Crippen LogP contribution >= 0.6 is 8.03 Å². The van der Waals surface area contributed by atoms with Crippen LogP contribution < -0.4 is 5.32 Å². The molecule has 0 aromatic heterocycles. The van der Waals surface area contributed by atoms with Gasteiger partial charge in [0.05, 0.1) is 0 Å². The summed E-state index contributed by atoms with van der Waals surface area (Å²) in [5.41, 5.74) is 0.863. The predicted octanol–water partition coefficient (Wildman–Crippen LogP) is 2.63. The van der Waals surface area contributed by atoms with E-state index in [9.17, 15) is 9.36 Å². The molecule has 1 rings (SSSR count). The van der Waals surface area contributed by atoms with Crippen LogP contribution in [-0.4, -0.2) is 16.8 Å². The Balaban J connectivity index is 2.44. The second-order valence-corrected chi connectivity index (χ2v) is 5.36. The van der Waals surface area contributed by atoms with Crippen molar-refractivity contribution >= 4 is 14.1 Å². The summed E-state index contributed by atoms with van der Waals surface area (Å²) in [4.78, 5) is 20.5. The van der Waals surface area contributed by atoms with Crippen molar-refractivity contribution in [3.63, 3.8) is 0 Å². The number of carbonyl (C=O) groups is 1. The second-order valence-electron chi connectivity index (χ2n) is 4.20. The number of hydrogen-bond donors (Lipinski definition) is 2. The lowest BCUT2D eigenvalue weighted by Crippen LogP contribution is -2.36. The minimum atomic E-state index is -2.46. The molecule has 0 fully saturated rings. The molecule has 98 valence electrons. The third-order valence-corrected chi connectivity index (χ3v) is 3.55. The maximum atomic E-state index is 11.5. The number of hydrogen-bond acceptors (Lipinski definition) is 3. The van der Waals surface area contributed by atoms with E-state index in [0.717, 1.165) is 5.56 Å². The van der Waals surface area contributed by atoms with Crippen LogP contribution in [0.5, 0.6) is 0 Å². The molecule has 0 radical (unpaired) electrons. The van der Waals surface area contributed by atoms with Gasteiger partial charge in [-0.3, -0.25) is 5.32 Å². The number of carbonyl (C=O) groups excluding carboxylic acids is 1. The van der Waals surface area contributed by atoms with Crippen LogP contribution in [0.3, 0.4) is 0 Å². The Morgan fingerprint density at radius 2 is 2.00 bits per heavy atom. The minimum Gasteiger partial charge on any atom is -0.445 e. The Bertz CT molecular complexity index is 408. The van der Waals surface area contributed by atoms with Gasteiger partial charge in [0.15, 0.2) is 0 Å². The smallest absolute Gasteiger partial charge is 0.445 e. The number of nitrogens with one attached hydrogen (secondary N) is 1. The monoisotopic (exact) mass is 270 g/mol. The molecule has 0 saturated heterocycles. The Morgan fingerprint density at radius 3 is 2.50 bits per heavy atom. The van der Waals surface area contributed by atoms with Crippen molar-refractivity contribution in [2.45, 2.75) is 26.2 Å². The molecule has 2 unspecified atom stereocenters. The molecule has 18 heavy (non-hydrogen) atoms. The van der Waals surface area contributed by atoms with Gasteiger partial charge < -0.3 is 4.74 Å². The quantitative estimate of drug-likeness (QED) is 0.806. The third kappa shape index (κ3) is 4.82. The molecule has 6 heteroatoms. The highest BCUT2D eigenvalue weighted by Crippen LogP contribution is 2.26. The van der Waals surface area contributed by atoms with E-state index in [4.69, 9.17) is 9.63 Å². The molecule has 0 aliphatic carbocycles. The average Bonchev–Trinajstić information content (AvgIpc) is 2.34. The zero-order valence-electron chi connectivity index (χ0n) is 10.4. The molecule has 5 nitrogen and oxygen atoms in total. The fourth-order valence-corrected chi connectivity index (χ4v) is 2.09. The van der Waals surface area contributed by atoms with Gasteiger partial charge in [0.2, 0.25) is 0 Å². The molecular weight excluding hydrogens is 253 g/mol. The van der Waals surface area contributed by atoms with Crippen molar-refractivity contribution in [1.29, 1.82) is 0 Å². The lowest BCUT2D eigenvalue weighted by molar-refractivity contribution is 0.136. The van der Waals surface area contributed by atoms with Gasteiger partial charge in [0, 0.05) is 5.92 Å². The van der Waals surface area contributed by atoms with Gasteiger partial charge in [0.25, 0.3) is 5.78 Å². The van der Waals surface area contributed by atoms with E-state index in [1.807, 2.05) is 30.3 Å². The highest BCUT2D eigenvalue weighted by molar-refractivity contribution is 7.38. The molecule has 1 aromatic rings. The normalized spacial score (nSPS) is 13.0. The van der Waals surface area contributed by atoms with Gasteiger partial charge in [0.1, 0.15) is 6.61 Å². The van der Waals surface area contributed by atoms with Crippen LogP contribution in [0.15, 0.2) is 30.3 Å². The molecular formula is C12H17NO4P+. The fraction of sp³-hybridized carbons (Fsp3) is 0.417. The van der Waals surface area contributed by atoms with E-state index in [2.05, 4.69) is 5.32 Å². The molecule has 1 amide bonds. The first kappa shape index (κ1) is 14.6. The average molecular weight is 270 g/mol.